The Morgan fingerprint density at radius 3 is 2.25 bits per heavy atom. The van der Waals surface area contributed by atoms with Crippen molar-refractivity contribution in [2.75, 3.05) is 37.8 Å². The summed E-state index contributed by atoms with van der Waals surface area (Å²) in [5.41, 5.74) is 10.4. The second-order valence-electron chi connectivity index (χ2n) is 18.7. The maximum atomic E-state index is 15.6. The van der Waals surface area contributed by atoms with Gasteiger partial charge in [-0.1, -0.05) is 36.4 Å². The van der Waals surface area contributed by atoms with Gasteiger partial charge in [0.15, 0.2) is 0 Å². The molecular formula is C55H57F2N7O4. The number of alkyl halides is 1. The molecule has 1 N–H and O–H groups in total. The molecule has 3 amide bonds. The largest absolute Gasteiger partial charge is 0.508 e. The van der Waals surface area contributed by atoms with Crippen LogP contribution in [-0.4, -0.2) is 85.6 Å². The number of amides is 3. The van der Waals surface area contributed by atoms with E-state index in [2.05, 4.69) is 30.0 Å². The van der Waals surface area contributed by atoms with E-state index in [-0.39, 0.29) is 60.9 Å². The third kappa shape index (κ3) is 8.69. The van der Waals surface area contributed by atoms with Crippen LogP contribution in [0.1, 0.15) is 96.9 Å². The normalized spacial score (nSPS) is 16.3. The molecule has 1 fully saturated rings. The average Bonchev–Trinajstić information content (AvgIpc) is 3.80. The van der Waals surface area contributed by atoms with Gasteiger partial charge in [-0.2, -0.15) is 5.26 Å². The Morgan fingerprint density at radius 2 is 1.56 bits per heavy atom. The van der Waals surface area contributed by atoms with Crippen molar-refractivity contribution < 1.29 is 28.3 Å². The Labute approximate surface area is 396 Å². The molecular weight excluding hydrogens is 861 g/mol. The van der Waals surface area contributed by atoms with E-state index in [1.54, 1.807) is 45.7 Å². The lowest BCUT2D eigenvalue weighted by Crippen LogP contribution is -2.43. The van der Waals surface area contributed by atoms with Crippen LogP contribution in [-0.2, 0) is 51.2 Å². The molecule has 4 aromatic carbocycles. The van der Waals surface area contributed by atoms with Gasteiger partial charge in [-0.05, 0) is 153 Å². The summed E-state index contributed by atoms with van der Waals surface area (Å²) in [6.45, 7) is 8.42. The highest BCUT2D eigenvalue weighted by atomic mass is 19.1. The number of hydrogen-bond donors (Lipinski definition) is 1. The van der Waals surface area contributed by atoms with Crippen LogP contribution in [0.4, 0.5) is 20.2 Å². The van der Waals surface area contributed by atoms with Gasteiger partial charge in [-0.15, -0.1) is 0 Å². The number of benzene rings is 4. The first-order valence-corrected chi connectivity index (χ1v) is 23.5. The van der Waals surface area contributed by atoms with Crippen molar-refractivity contribution in [1.82, 2.24) is 23.8 Å². The van der Waals surface area contributed by atoms with Gasteiger partial charge in [-0.25, -0.2) is 8.78 Å². The molecule has 0 spiro atoms. The van der Waals surface area contributed by atoms with Crippen molar-refractivity contribution in [3.8, 4) is 23.1 Å². The molecule has 3 aliphatic heterocycles. The maximum Gasteiger partial charge on any atom is 0.264 e. The molecule has 11 nitrogen and oxygen atoms in total. The number of piperidine rings is 1. The molecule has 0 radical (unpaired) electrons. The number of carbonyl (C=O) groups excluding carboxylic acids is 3. The van der Waals surface area contributed by atoms with Crippen LogP contribution in [0.25, 0.3) is 11.3 Å². The number of nitrogens with zero attached hydrogens (tertiary/aromatic N) is 7. The van der Waals surface area contributed by atoms with E-state index in [4.69, 9.17) is 0 Å². The van der Waals surface area contributed by atoms with Crippen molar-refractivity contribution in [1.29, 1.82) is 5.26 Å². The molecule has 6 aromatic rings. The number of phenolic OH excluding ortho intramolecular Hbond substituents is 1. The number of phenols is 1. The van der Waals surface area contributed by atoms with Gasteiger partial charge < -0.3 is 28.9 Å². The standard InChI is InChI=1S/C55H57F2N7O4/c1-34-24-39-8-6-7-9-41(39)33-63(34)54(67)49-28-42-32-62(53(66)26-37-10-15-46(50(57)25-37)38-16-20-61(21-17-38)23-19-56)22-18-40(42)27-48(49)52-30-47(35(2)60(52)5)55(68)64(43-11-13-45(65)14-12-43)51-29-44(31-58)59(4)36(51)3/h6-15,25,27-30,34,38,65H,16-24,26,32-33H2,1-5H3/t34-/m1/s1. The van der Waals surface area contributed by atoms with E-state index in [9.17, 15) is 19.6 Å². The van der Waals surface area contributed by atoms with Crippen molar-refractivity contribution in [2.45, 2.75) is 77.9 Å². The molecule has 1 atom stereocenters. The molecule has 3 aliphatic rings. The molecule has 2 aromatic heterocycles. The number of likely N-dealkylation sites (tertiary alicyclic amines) is 1. The van der Waals surface area contributed by atoms with E-state index >= 15 is 14.0 Å². The predicted molar refractivity (Wildman–Crippen MR) is 258 cm³/mol. The Bertz CT molecular complexity index is 2980. The molecule has 0 unspecified atom stereocenters. The molecule has 1 saturated heterocycles. The summed E-state index contributed by atoms with van der Waals surface area (Å²) in [6, 6.07) is 29.3. The van der Waals surface area contributed by atoms with E-state index in [1.165, 1.54) is 23.8 Å². The molecule has 68 heavy (non-hydrogen) atoms. The SMILES string of the molecule is Cc1c(N(C(=O)c2cc(-c3cc4c(cc3C(=O)N3Cc5ccccc5C[C@H]3C)CN(C(=O)Cc3ccc(C5CCN(CCF)CC5)c(F)c3)CC4)n(C)c2C)c2ccc(O)cc2)cc(C#N)n1C. The topological polar surface area (TPSA) is 118 Å². The van der Waals surface area contributed by atoms with Crippen LogP contribution >= 0.6 is 0 Å². The fourth-order valence-electron chi connectivity index (χ4n) is 10.5. The number of halogens is 2. The second-order valence-corrected chi connectivity index (χ2v) is 18.7. The fraction of sp³-hybridized carbons (Fsp3) is 0.345. The van der Waals surface area contributed by atoms with Crippen LogP contribution in [0.5, 0.6) is 5.75 Å². The minimum Gasteiger partial charge on any atom is -0.508 e. The highest BCUT2D eigenvalue weighted by molar-refractivity contribution is 6.13. The van der Waals surface area contributed by atoms with E-state index in [0.717, 1.165) is 42.6 Å². The molecule has 5 heterocycles. The predicted octanol–water partition coefficient (Wildman–Crippen LogP) is 9.21. The van der Waals surface area contributed by atoms with Crippen LogP contribution < -0.4 is 4.90 Å². The summed E-state index contributed by atoms with van der Waals surface area (Å²) in [6.07, 6.45) is 2.80. The Hall–Kier alpha value is -7.04. The summed E-state index contributed by atoms with van der Waals surface area (Å²) in [5.74, 6) is -0.840. The van der Waals surface area contributed by atoms with Crippen molar-refractivity contribution in [2.24, 2.45) is 14.1 Å². The average molecular weight is 918 g/mol. The van der Waals surface area contributed by atoms with Gasteiger partial charge in [0, 0.05) is 80.2 Å². The van der Waals surface area contributed by atoms with Crippen molar-refractivity contribution >= 4 is 29.1 Å². The van der Waals surface area contributed by atoms with Gasteiger partial charge in [0.1, 0.15) is 30.0 Å². The number of rotatable bonds is 10. The number of aromatic nitrogens is 2. The van der Waals surface area contributed by atoms with Gasteiger partial charge >= 0.3 is 0 Å². The van der Waals surface area contributed by atoms with E-state index < -0.39 is 0 Å². The molecule has 9 rings (SSSR count). The number of nitriles is 1. The summed E-state index contributed by atoms with van der Waals surface area (Å²) in [4.78, 5) is 51.5. The number of aromatic hydroxyl groups is 1. The first-order valence-electron chi connectivity index (χ1n) is 23.5. The number of anilines is 2. The smallest absolute Gasteiger partial charge is 0.264 e. The van der Waals surface area contributed by atoms with Crippen LogP contribution in [0.3, 0.4) is 0 Å². The molecule has 13 heteroatoms. The first-order chi connectivity index (χ1) is 32.7. The third-order valence-electron chi connectivity index (χ3n) is 14.8. The minimum atomic E-state index is -0.387. The van der Waals surface area contributed by atoms with Gasteiger partial charge in [0.2, 0.25) is 5.91 Å². The minimum absolute atomic E-state index is 0.0387. The monoisotopic (exact) mass is 917 g/mol. The zero-order chi connectivity index (χ0) is 48.0. The van der Waals surface area contributed by atoms with Gasteiger partial charge in [0.25, 0.3) is 11.8 Å². The quantitative estimate of drug-likeness (QED) is 0.147. The highest BCUT2D eigenvalue weighted by Gasteiger charge is 2.34. The lowest BCUT2D eigenvalue weighted by atomic mass is 9.88. The zero-order valence-electron chi connectivity index (χ0n) is 39.4. The van der Waals surface area contributed by atoms with E-state index in [0.29, 0.717) is 94.4 Å². The van der Waals surface area contributed by atoms with Crippen LogP contribution in [0.2, 0.25) is 0 Å². The zero-order valence-corrected chi connectivity index (χ0v) is 39.4. The molecule has 350 valence electrons. The van der Waals surface area contributed by atoms with Gasteiger partial charge in [0.05, 0.1) is 17.7 Å². The van der Waals surface area contributed by atoms with Crippen molar-refractivity contribution in [3.63, 3.8) is 0 Å². The Balaban J connectivity index is 1.05. The Kier molecular flexibility index (Phi) is 12.8. The first kappa shape index (κ1) is 46.1. The van der Waals surface area contributed by atoms with Gasteiger partial charge in [-0.3, -0.25) is 19.3 Å². The van der Waals surface area contributed by atoms with E-state index in [1.807, 2.05) is 66.8 Å². The summed E-state index contributed by atoms with van der Waals surface area (Å²) >= 11 is 0. The third-order valence-corrected chi connectivity index (χ3v) is 14.8. The fourth-order valence-corrected chi connectivity index (χ4v) is 10.5. The lowest BCUT2D eigenvalue weighted by Gasteiger charge is -2.36. The second kappa shape index (κ2) is 18.9. The molecule has 0 bridgehead atoms. The van der Waals surface area contributed by atoms with Crippen LogP contribution in [0.15, 0.2) is 91.0 Å². The molecule has 0 aliphatic carbocycles. The number of fused-ring (bicyclic) bond motifs is 2. The lowest BCUT2D eigenvalue weighted by molar-refractivity contribution is -0.131. The highest BCUT2D eigenvalue weighted by Crippen LogP contribution is 2.39. The number of hydrogen-bond acceptors (Lipinski definition) is 6. The summed E-state index contributed by atoms with van der Waals surface area (Å²) < 4.78 is 32.2. The molecule has 0 saturated carbocycles. The number of carbonyl (C=O) groups is 3. The summed E-state index contributed by atoms with van der Waals surface area (Å²) in [5, 5.41) is 20.1. The Morgan fingerprint density at radius 1 is 0.824 bits per heavy atom. The maximum absolute atomic E-state index is 15.6. The summed E-state index contributed by atoms with van der Waals surface area (Å²) in [7, 11) is 3.66. The van der Waals surface area contributed by atoms with Crippen molar-refractivity contribution in [3.05, 3.63) is 158 Å². The van der Waals surface area contributed by atoms with Crippen LogP contribution in [0, 0.1) is 31.0 Å².